The van der Waals surface area contributed by atoms with Crippen molar-refractivity contribution in [1.82, 2.24) is 9.80 Å². The molecule has 0 saturated heterocycles. The fraction of sp³-hybridized carbons (Fsp3) is 0.364. The van der Waals surface area contributed by atoms with Crippen LogP contribution >= 0.6 is 11.6 Å². The Labute approximate surface area is 177 Å². The number of hydrogen-bond acceptors (Lipinski definition) is 5. The molecule has 0 bridgehead atoms. The highest BCUT2D eigenvalue weighted by Gasteiger charge is 2.24. The van der Waals surface area contributed by atoms with Gasteiger partial charge in [0.05, 0.1) is 26.8 Å². The van der Waals surface area contributed by atoms with Gasteiger partial charge in [-0.05, 0) is 37.2 Å². The van der Waals surface area contributed by atoms with Gasteiger partial charge in [0.25, 0.3) is 0 Å². The Morgan fingerprint density at radius 3 is 2.45 bits per heavy atom. The number of benzene rings is 2. The predicted octanol–water partition coefficient (Wildman–Crippen LogP) is 3.55. The molecule has 0 aliphatic rings. The molecule has 1 atom stereocenters. The van der Waals surface area contributed by atoms with Gasteiger partial charge < -0.3 is 14.4 Å². The van der Waals surface area contributed by atoms with Crippen molar-refractivity contribution in [2.24, 2.45) is 0 Å². The molecule has 6 nitrogen and oxygen atoms in total. The summed E-state index contributed by atoms with van der Waals surface area (Å²) in [5.74, 6) is 1.22. The molecule has 0 aliphatic carbocycles. The van der Waals surface area contributed by atoms with Gasteiger partial charge in [-0.2, -0.15) is 5.26 Å². The Morgan fingerprint density at radius 1 is 1.14 bits per heavy atom. The molecule has 0 aromatic heterocycles. The molecule has 0 heterocycles. The summed E-state index contributed by atoms with van der Waals surface area (Å²) in [6.07, 6.45) is 0.750. The highest BCUT2D eigenvalue weighted by atomic mass is 35.5. The lowest BCUT2D eigenvalue weighted by molar-refractivity contribution is -0.132. The fourth-order valence-electron chi connectivity index (χ4n) is 2.98. The topological polar surface area (TPSA) is 65.8 Å². The van der Waals surface area contributed by atoms with E-state index in [1.54, 1.807) is 45.5 Å². The minimum atomic E-state index is -0.726. The highest BCUT2D eigenvalue weighted by Crippen LogP contribution is 2.28. The number of nitrogens with zero attached hydrogens (tertiary/aromatic N) is 3. The van der Waals surface area contributed by atoms with Gasteiger partial charge in [0.15, 0.2) is 11.5 Å². The summed E-state index contributed by atoms with van der Waals surface area (Å²) in [6.45, 7) is 0.880. The van der Waals surface area contributed by atoms with Crippen molar-refractivity contribution in [2.75, 3.05) is 41.4 Å². The number of nitriles is 1. The van der Waals surface area contributed by atoms with Crippen LogP contribution in [0.15, 0.2) is 42.5 Å². The number of likely N-dealkylation sites (N-methyl/N-ethyl adjacent to an activating group) is 2. The van der Waals surface area contributed by atoms with Crippen molar-refractivity contribution < 1.29 is 14.3 Å². The molecular formula is C22H26ClN3O3. The second kappa shape index (κ2) is 10.7. The zero-order chi connectivity index (χ0) is 21.4. The molecule has 0 spiro atoms. The molecule has 29 heavy (non-hydrogen) atoms. The third-order valence-corrected chi connectivity index (χ3v) is 5.08. The normalized spacial score (nSPS) is 11.6. The molecular weight excluding hydrogens is 390 g/mol. The first-order valence-electron chi connectivity index (χ1n) is 9.20. The van der Waals surface area contributed by atoms with Crippen LogP contribution in [0.1, 0.15) is 17.2 Å². The van der Waals surface area contributed by atoms with E-state index in [1.165, 1.54) is 4.90 Å². The molecule has 0 unspecified atom stereocenters. The van der Waals surface area contributed by atoms with Crippen molar-refractivity contribution in [3.05, 3.63) is 58.6 Å². The Kier molecular flexibility index (Phi) is 8.32. The number of carbonyl (C=O) groups is 1. The molecule has 2 aromatic rings. The maximum Gasteiger partial charge on any atom is 0.237 e. The van der Waals surface area contributed by atoms with Gasteiger partial charge in [-0.3, -0.25) is 9.69 Å². The first kappa shape index (κ1) is 22.5. The van der Waals surface area contributed by atoms with Gasteiger partial charge in [-0.15, -0.1) is 0 Å². The molecule has 7 heteroatoms. The Bertz CT molecular complexity index is 882. The molecule has 0 N–H and O–H groups in total. The maximum absolute atomic E-state index is 12.7. The van der Waals surface area contributed by atoms with E-state index in [-0.39, 0.29) is 12.5 Å². The van der Waals surface area contributed by atoms with Crippen LogP contribution in [0.5, 0.6) is 11.5 Å². The number of amides is 1. The lowest BCUT2D eigenvalue weighted by Crippen LogP contribution is -2.39. The zero-order valence-electron chi connectivity index (χ0n) is 17.2. The van der Waals surface area contributed by atoms with E-state index in [0.717, 1.165) is 12.0 Å². The second-order valence-corrected chi connectivity index (χ2v) is 7.14. The molecule has 2 aromatic carbocycles. The summed E-state index contributed by atoms with van der Waals surface area (Å²) in [5, 5.41) is 10.0. The highest BCUT2D eigenvalue weighted by molar-refractivity contribution is 6.31. The summed E-state index contributed by atoms with van der Waals surface area (Å²) in [6, 6.07) is 14.3. The molecule has 2 rings (SSSR count). The van der Waals surface area contributed by atoms with Gasteiger partial charge in [0.2, 0.25) is 5.91 Å². The van der Waals surface area contributed by atoms with Gasteiger partial charge in [0, 0.05) is 24.2 Å². The molecule has 1 amide bonds. The monoisotopic (exact) mass is 415 g/mol. The molecule has 0 radical (unpaired) electrons. The fourth-order valence-corrected chi connectivity index (χ4v) is 3.22. The van der Waals surface area contributed by atoms with E-state index in [0.29, 0.717) is 28.6 Å². The third kappa shape index (κ3) is 5.86. The Morgan fingerprint density at radius 2 is 1.83 bits per heavy atom. The summed E-state index contributed by atoms with van der Waals surface area (Å²) in [4.78, 5) is 16.1. The minimum Gasteiger partial charge on any atom is -0.493 e. The van der Waals surface area contributed by atoms with Crippen LogP contribution in [0.25, 0.3) is 0 Å². The van der Waals surface area contributed by atoms with E-state index < -0.39 is 6.04 Å². The lowest BCUT2D eigenvalue weighted by Gasteiger charge is -2.26. The average molecular weight is 416 g/mol. The van der Waals surface area contributed by atoms with E-state index in [2.05, 4.69) is 6.07 Å². The number of ether oxygens (including phenoxy) is 2. The maximum atomic E-state index is 12.7. The van der Waals surface area contributed by atoms with E-state index in [1.807, 2.05) is 30.1 Å². The Balaban J connectivity index is 1.96. The van der Waals surface area contributed by atoms with Crippen LogP contribution in [-0.2, 0) is 11.2 Å². The number of methoxy groups -OCH3 is 2. The number of halogens is 1. The van der Waals surface area contributed by atoms with E-state index >= 15 is 0 Å². The van der Waals surface area contributed by atoms with Crippen molar-refractivity contribution in [1.29, 1.82) is 5.26 Å². The quantitative estimate of drug-likeness (QED) is 0.626. The van der Waals surface area contributed by atoms with Crippen LogP contribution in [-0.4, -0.2) is 57.1 Å². The smallest absolute Gasteiger partial charge is 0.237 e. The molecule has 0 saturated carbocycles. The van der Waals surface area contributed by atoms with Gasteiger partial charge in [-0.25, -0.2) is 0 Å². The van der Waals surface area contributed by atoms with Crippen LogP contribution < -0.4 is 9.47 Å². The average Bonchev–Trinajstić information content (AvgIpc) is 2.73. The summed E-state index contributed by atoms with van der Waals surface area (Å²) >= 11 is 6.20. The van der Waals surface area contributed by atoms with Crippen molar-refractivity contribution in [3.8, 4) is 17.6 Å². The lowest BCUT2D eigenvalue weighted by atomic mass is 10.1. The van der Waals surface area contributed by atoms with E-state index in [9.17, 15) is 10.1 Å². The number of hydrogen-bond donors (Lipinski definition) is 0. The Hall–Kier alpha value is -2.75. The van der Waals surface area contributed by atoms with Gasteiger partial charge >= 0.3 is 0 Å². The molecule has 0 aliphatic heterocycles. The second-order valence-electron chi connectivity index (χ2n) is 6.73. The van der Waals surface area contributed by atoms with Crippen molar-refractivity contribution >= 4 is 17.5 Å². The predicted molar refractivity (Wildman–Crippen MR) is 113 cm³/mol. The first-order valence-corrected chi connectivity index (χ1v) is 9.58. The van der Waals surface area contributed by atoms with Gasteiger partial charge in [-0.1, -0.05) is 35.9 Å². The minimum absolute atomic E-state index is 0.147. The van der Waals surface area contributed by atoms with Crippen LogP contribution in [0, 0.1) is 11.3 Å². The summed E-state index contributed by atoms with van der Waals surface area (Å²) in [7, 11) is 6.71. The summed E-state index contributed by atoms with van der Waals surface area (Å²) in [5.41, 5.74) is 1.71. The van der Waals surface area contributed by atoms with Crippen molar-refractivity contribution in [2.45, 2.75) is 12.5 Å². The zero-order valence-corrected chi connectivity index (χ0v) is 17.9. The largest absolute Gasteiger partial charge is 0.493 e. The molecule has 154 valence electrons. The van der Waals surface area contributed by atoms with Crippen LogP contribution in [0.2, 0.25) is 5.02 Å². The van der Waals surface area contributed by atoms with E-state index in [4.69, 9.17) is 21.1 Å². The summed E-state index contributed by atoms with van der Waals surface area (Å²) < 4.78 is 10.6. The van der Waals surface area contributed by atoms with Gasteiger partial charge in [0.1, 0.15) is 6.04 Å². The SMILES string of the molecule is COc1ccc(CCN(C)CC(=O)N(C)[C@H](C#N)c2ccccc2Cl)cc1OC. The molecule has 0 fully saturated rings. The number of rotatable bonds is 9. The van der Waals surface area contributed by atoms with Crippen molar-refractivity contribution in [3.63, 3.8) is 0 Å². The third-order valence-electron chi connectivity index (χ3n) is 4.74. The number of carbonyl (C=O) groups excluding carboxylic acids is 1. The van der Waals surface area contributed by atoms with Crippen LogP contribution in [0.3, 0.4) is 0 Å². The van der Waals surface area contributed by atoms with Crippen LogP contribution in [0.4, 0.5) is 0 Å². The first-order chi connectivity index (χ1) is 13.9. The standard InChI is InChI=1S/C22H26ClN3O3/c1-25(12-11-16-9-10-20(28-3)21(13-16)29-4)15-22(27)26(2)19(14-24)17-7-5-6-8-18(17)23/h5-10,13,19H,11-12,15H2,1-4H3/t19-/m1/s1.